The topological polar surface area (TPSA) is 86.3 Å². The van der Waals surface area contributed by atoms with E-state index in [4.69, 9.17) is 0 Å². The van der Waals surface area contributed by atoms with Crippen LogP contribution in [0.15, 0.2) is 74.3 Å². The van der Waals surface area contributed by atoms with Crippen molar-refractivity contribution in [3.8, 4) is 5.88 Å². The fourth-order valence-electron chi connectivity index (χ4n) is 2.82. The van der Waals surface area contributed by atoms with Crippen LogP contribution < -0.4 is 10.5 Å². The van der Waals surface area contributed by atoms with Gasteiger partial charge in [-0.3, -0.25) is 14.5 Å². The number of nitrogens with one attached hydrogen (secondary N) is 1. The van der Waals surface area contributed by atoms with Crippen LogP contribution in [0.25, 0.3) is 0 Å². The van der Waals surface area contributed by atoms with Gasteiger partial charge in [0.05, 0.1) is 22.7 Å². The summed E-state index contributed by atoms with van der Waals surface area (Å²) in [5.74, 6) is -0.503. The van der Waals surface area contributed by atoms with Gasteiger partial charge in [0, 0.05) is 9.79 Å². The predicted molar refractivity (Wildman–Crippen MR) is 106 cm³/mol. The number of nitrogens with zero attached hydrogens (tertiary/aromatic N) is 2. The number of hydrogen-bond acceptors (Lipinski definition) is 6. The van der Waals surface area contributed by atoms with Crippen LogP contribution in [0.1, 0.15) is 6.92 Å². The number of amides is 1. The number of rotatable bonds is 3. The van der Waals surface area contributed by atoms with Gasteiger partial charge >= 0.3 is 0 Å². The second-order valence-corrected chi connectivity index (χ2v) is 8.29. The summed E-state index contributed by atoms with van der Waals surface area (Å²) < 4.78 is 0. The quantitative estimate of drug-likeness (QED) is 0.517. The van der Waals surface area contributed by atoms with E-state index in [1.54, 1.807) is 23.6 Å². The summed E-state index contributed by atoms with van der Waals surface area (Å²) in [5, 5.41) is 9.19. The Kier molecular flexibility index (Phi) is 4.67. The molecule has 0 bridgehead atoms. The Hall–Kier alpha value is -2.71. The number of aromatic hydroxyl groups is 1. The van der Waals surface area contributed by atoms with Crippen molar-refractivity contribution >= 4 is 40.8 Å². The molecule has 1 atom stereocenters. The van der Waals surface area contributed by atoms with Crippen molar-refractivity contribution in [2.45, 2.75) is 27.1 Å². The summed E-state index contributed by atoms with van der Waals surface area (Å²) in [5.41, 5.74) is 1.20. The van der Waals surface area contributed by atoms with E-state index in [0.29, 0.717) is 0 Å². The highest BCUT2D eigenvalue weighted by molar-refractivity contribution is 8.00. The lowest BCUT2D eigenvalue weighted by Crippen LogP contribution is -2.34. The number of hydrogen-bond donors (Lipinski definition) is 2. The number of H-pyrrole nitrogens is 1. The highest BCUT2D eigenvalue weighted by Gasteiger charge is 2.31. The molecule has 8 heteroatoms. The second-order valence-electron chi connectivity index (χ2n) is 5.88. The molecule has 0 saturated heterocycles. The van der Waals surface area contributed by atoms with Crippen molar-refractivity contribution in [3.63, 3.8) is 0 Å². The normalized spacial score (nSPS) is 13.6. The van der Waals surface area contributed by atoms with E-state index in [1.165, 1.54) is 0 Å². The smallest absolute Gasteiger partial charge is 0.255 e. The number of benzene rings is 2. The number of aromatic amines is 1. The van der Waals surface area contributed by atoms with E-state index in [9.17, 15) is 14.7 Å². The molecular formula is C19H15N3O3S2. The highest BCUT2D eigenvalue weighted by Crippen LogP contribution is 2.48. The SMILES string of the molecule is CC(Sc1nc(O)cc(=O)[nH]1)C(=O)N1c2ccccc2Sc2ccccc21. The Bertz CT molecular complexity index is 1040. The molecule has 136 valence electrons. The molecule has 1 amide bonds. The monoisotopic (exact) mass is 397 g/mol. The molecule has 0 fully saturated rings. The van der Waals surface area contributed by atoms with E-state index in [0.717, 1.165) is 39.0 Å². The van der Waals surface area contributed by atoms with Crippen molar-refractivity contribution in [1.82, 2.24) is 9.97 Å². The lowest BCUT2D eigenvalue weighted by atomic mass is 10.2. The van der Waals surface area contributed by atoms with Gasteiger partial charge in [-0.1, -0.05) is 47.8 Å². The first-order valence-electron chi connectivity index (χ1n) is 8.20. The molecule has 1 aliphatic heterocycles. The zero-order valence-electron chi connectivity index (χ0n) is 14.2. The molecule has 2 N–H and O–H groups in total. The molecule has 0 spiro atoms. The molecule has 0 radical (unpaired) electrons. The maximum absolute atomic E-state index is 13.3. The van der Waals surface area contributed by atoms with E-state index in [2.05, 4.69) is 9.97 Å². The van der Waals surface area contributed by atoms with Gasteiger partial charge in [-0.15, -0.1) is 0 Å². The Balaban J connectivity index is 1.70. The number of thioether (sulfide) groups is 1. The van der Waals surface area contributed by atoms with Crippen molar-refractivity contribution in [2.75, 3.05) is 4.90 Å². The van der Waals surface area contributed by atoms with Crippen molar-refractivity contribution < 1.29 is 9.90 Å². The number of fused-ring (bicyclic) bond motifs is 2. The van der Waals surface area contributed by atoms with Gasteiger partial charge < -0.3 is 10.1 Å². The molecule has 6 nitrogen and oxygen atoms in total. The molecule has 2 heterocycles. The van der Waals surface area contributed by atoms with E-state index in [-0.39, 0.29) is 16.9 Å². The van der Waals surface area contributed by atoms with Gasteiger partial charge in [0.15, 0.2) is 5.16 Å². The molecule has 0 aliphatic carbocycles. The van der Waals surface area contributed by atoms with Gasteiger partial charge in [0.2, 0.25) is 11.8 Å². The third-order valence-corrected chi connectivity index (χ3v) is 6.10. The van der Waals surface area contributed by atoms with Gasteiger partial charge in [-0.2, -0.15) is 4.98 Å². The summed E-state index contributed by atoms with van der Waals surface area (Å²) in [6.07, 6.45) is 0. The third-order valence-electron chi connectivity index (χ3n) is 4.00. The van der Waals surface area contributed by atoms with E-state index < -0.39 is 10.8 Å². The number of anilines is 2. The van der Waals surface area contributed by atoms with Crippen LogP contribution >= 0.6 is 23.5 Å². The average Bonchev–Trinajstić information content (AvgIpc) is 2.64. The number of carbonyl (C=O) groups excluding carboxylic acids is 1. The summed E-state index contributed by atoms with van der Waals surface area (Å²) in [6.45, 7) is 1.75. The molecule has 3 aromatic rings. The van der Waals surface area contributed by atoms with E-state index in [1.807, 2.05) is 48.5 Å². The van der Waals surface area contributed by atoms with E-state index >= 15 is 0 Å². The minimum Gasteiger partial charge on any atom is -0.493 e. The summed E-state index contributed by atoms with van der Waals surface area (Å²) in [7, 11) is 0. The lowest BCUT2D eigenvalue weighted by Gasteiger charge is -2.32. The number of para-hydroxylation sites is 2. The Morgan fingerprint density at radius 3 is 2.33 bits per heavy atom. The predicted octanol–water partition coefficient (Wildman–Crippen LogP) is 3.79. The minimum absolute atomic E-state index is 0.133. The van der Waals surface area contributed by atoms with Crippen LogP contribution in [0.5, 0.6) is 5.88 Å². The van der Waals surface area contributed by atoms with Crippen LogP contribution in [-0.2, 0) is 4.79 Å². The minimum atomic E-state index is -0.529. The molecule has 27 heavy (non-hydrogen) atoms. The second kappa shape index (κ2) is 7.13. The van der Waals surface area contributed by atoms with Crippen LogP contribution in [-0.4, -0.2) is 26.2 Å². The van der Waals surface area contributed by atoms with Crippen LogP contribution in [0.4, 0.5) is 11.4 Å². The highest BCUT2D eigenvalue weighted by atomic mass is 32.2. The molecule has 4 rings (SSSR count). The average molecular weight is 397 g/mol. The molecule has 2 aromatic carbocycles. The zero-order chi connectivity index (χ0) is 19.0. The Labute approximate surface area is 163 Å². The number of carbonyl (C=O) groups is 1. The molecule has 1 aromatic heterocycles. The zero-order valence-corrected chi connectivity index (χ0v) is 15.9. The maximum Gasteiger partial charge on any atom is 0.255 e. The molecule has 1 unspecified atom stereocenters. The first-order valence-corrected chi connectivity index (χ1v) is 9.89. The van der Waals surface area contributed by atoms with Crippen molar-refractivity contribution in [1.29, 1.82) is 0 Å². The van der Waals surface area contributed by atoms with Gasteiger partial charge in [0.1, 0.15) is 0 Å². The molecule has 1 aliphatic rings. The van der Waals surface area contributed by atoms with Gasteiger partial charge in [-0.05, 0) is 31.2 Å². The molecule has 0 saturated carbocycles. The van der Waals surface area contributed by atoms with Crippen LogP contribution in [0, 0.1) is 0 Å². The lowest BCUT2D eigenvalue weighted by molar-refractivity contribution is -0.117. The maximum atomic E-state index is 13.3. The first-order chi connectivity index (χ1) is 13.0. The molecular weight excluding hydrogens is 382 g/mol. The van der Waals surface area contributed by atoms with Crippen molar-refractivity contribution in [2.24, 2.45) is 0 Å². The number of aromatic nitrogens is 2. The summed E-state index contributed by atoms with van der Waals surface area (Å²) in [4.78, 5) is 35.0. The summed E-state index contributed by atoms with van der Waals surface area (Å²) in [6, 6.07) is 16.5. The fourth-order valence-corrected chi connectivity index (χ4v) is 4.73. The summed E-state index contributed by atoms with van der Waals surface area (Å²) >= 11 is 2.73. The van der Waals surface area contributed by atoms with Gasteiger partial charge in [-0.25, -0.2) is 0 Å². The Morgan fingerprint density at radius 1 is 1.15 bits per heavy atom. The van der Waals surface area contributed by atoms with Gasteiger partial charge in [0.25, 0.3) is 5.56 Å². The Morgan fingerprint density at radius 2 is 1.74 bits per heavy atom. The third kappa shape index (κ3) is 3.45. The standard InChI is InChI=1S/C19H15N3O3S2/c1-11(26-19-20-16(23)10-17(24)21-19)18(25)22-12-6-2-4-8-14(12)27-15-9-5-3-7-13(15)22/h2-11H,1H3,(H2,20,21,23,24). The van der Waals surface area contributed by atoms with Crippen LogP contribution in [0.3, 0.4) is 0 Å². The van der Waals surface area contributed by atoms with Crippen molar-refractivity contribution in [3.05, 3.63) is 65.0 Å². The fraction of sp³-hybridized carbons (Fsp3) is 0.105. The largest absolute Gasteiger partial charge is 0.493 e. The first kappa shape index (κ1) is 17.7. The van der Waals surface area contributed by atoms with Crippen LogP contribution in [0.2, 0.25) is 0 Å².